The molecule has 2 aliphatic rings. The minimum atomic E-state index is -0.487. The van der Waals surface area contributed by atoms with Crippen LogP contribution in [0.3, 0.4) is 0 Å². The second kappa shape index (κ2) is 11.8. The van der Waals surface area contributed by atoms with Crippen LogP contribution in [0.2, 0.25) is 0 Å². The Morgan fingerprint density at radius 2 is 1.65 bits per heavy atom. The normalized spacial score (nSPS) is 18.6. The van der Waals surface area contributed by atoms with Crippen LogP contribution < -0.4 is 14.8 Å². The quantitative estimate of drug-likeness (QED) is 0.347. The Labute approximate surface area is 235 Å². The second-order valence-corrected chi connectivity index (χ2v) is 10.4. The Bertz CT molecular complexity index is 1490. The molecule has 5 rings (SSSR count). The Hall–Kier alpha value is -4.32. The number of dihydropyridines is 1. The molecule has 2 atom stereocenters. The summed E-state index contributed by atoms with van der Waals surface area (Å²) in [6, 6.07) is 23.8. The average Bonchev–Trinajstić information content (AvgIpc) is 2.96. The summed E-state index contributed by atoms with van der Waals surface area (Å²) in [4.78, 5) is 27.5. The molecule has 0 saturated carbocycles. The number of benzene rings is 3. The van der Waals surface area contributed by atoms with E-state index in [2.05, 4.69) is 11.4 Å². The van der Waals surface area contributed by atoms with E-state index < -0.39 is 11.9 Å². The van der Waals surface area contributed by atoms with Crippen LogP contribution in [-0.4, -0.2) is 32.6 Å². The summed E-state index contributed by atoms with van der Waals surface area (Å²) in [5.74, 6) is 0.412. The number of nitrogens with one attached hydrogen (secondary N) is 1. The molecular weight excluding hydrogens is 502 g/mol. The number of Topliss-reactive ketones (excluding diaryl/α,β-unsaturated/α-hetero) is 1. The van der Waals surface area contributed by atoms with Crippen molar-refractivity contribution in [2.24, 2.45) is 0 Å². The lowest BCUT2D eigenvalue weighted by Gasteiger charge is -2.37. The van der Waals surface area contributed by atoms with E-state index in [1.807, 2.05) is 80.6 Å². The molecule has 6 heteroatoms. The molecule has 0 bridgehead atoms. The highest BCUT2D eigenvalue weighted by Gasteiger charge is 2.41. The van der Waals surface area contributed by atoms with Gasteiger partial charge in [0.25, 0.3) is 0 Å². The largest absolute Gasteiger partial charge is 0.493 e. The van der Waals surface area contributed by atoms with Crippen LogP contribution in [-0.2, 0) is 20.7 Å². The van der Waals surface area contributed by atoms with Crippen molar-refractivity contribution in [3.05, 3.63) is 118 Å². The number of esters is 1. The van der Waals surface area contributed by atoms with Gasteiger partial charge in [0.2, 0.25) is 0 Å². The molecule has 0 fully saturated rings. The third-order valence-electron chi connectivity index (χ3n) is 7.77. The first-order valence-corrected chi connectivity index (χ1v) is 13.6. The first kappa shape index (κ1) is 27.3. The van der Waals surface area contributed by atoms with Crippen LogP contribution in [0.15, 0.2) is 95.3 Å². The topological polar surface area (TPSA) is 73.9 Å². The van der Waals surface area contributed by atoms with E-state index in [0.717, 1.165) is 33.6 Å². The predicted octanol–water partition coefficient (Wildman–Crippen LogP) is 6.16. The number of rotatable bonds is 8. The molecule has 1 aliphatic carbocycles. The first-order valence-electron chi connectivity index (χ1n) is 13.6. The standard InChI is InChI=1S/C34H35NO5/c1-21-9-8-12-25(17-21)32-31(34(37)40-16-15-23-10-6-5-7-11-23)22(2)35-27-18-26(19-28(36)33(27)32)24-13-14-29(38-3)30(20-24)39-4/h5-14,17,20,26,32,35H,15-16,18-19H2,1-4H3/t26-,32+/m0/s1. The highest BCUT2D eigenvalue weighted by Crippen LogP contribution is 2.46. The second-order valence-electron chi connectivity index (χ2n) is 10.4. The molecule has 40 heavy (non-hydrogen) atoms. The molecule has 3 aromatic carbocycles. The van der Waals surface area contributed by atoms with Crippen molar-refractivity contribution in [3.63, 3.8) is 0 Å². The maximum atomic E-state index is 13.9. The summed E-state index contributed by atoms with van der Waals surface area (Å²) in [7, 11) is 3.22. The van der Waals surface area contributed by atoms with Crippen LogP contribution in [0.25, 0.3) is 0 Å². The Morgan fingerprint density at radius 1 is 0.875 bits per heavy atom. The molecular formula is C34H35NO5. The van der Waals surface area contributed by atoms with Crippen molar-refractivity contribution in [1.82, 2.24) is 5.32 Å². The van der Waals surface area contributed by atoms with Gasteiger partial charge >= 0.3 is 5.97 Å². The van der Waals surface area contributed by atoms with Gasteiger partial charge in [-0.1, -0.05) is 66.2 Å². The molecule has 0 saturated heterocycles. The van der Waals surface area contributed by atoms with Gasteiger partial charge in [-0.15, -0.1) is 0 Å². The number of methoxy groups -OCH3 is 2. The number of ether oxygens (including phenoxy) is 3. The first-order chi connectivity index (χ1) is 19.4. The van der Waals surface area contributed by atoms with Crippen molar-refractivity contribution >= 4 is 11.8 Å². The van der Waals surface area contributed by atoms with Crippen LogP contribution in [0, 0.1) is 6.92 Å². The number of hydrogen-bond acceptors (Lipinski definition) is 6. The molecule has 1 heterocycles. The van der Waals surface area contributed by atoms with Gasteiger partial charge in [-0.25, -0.2) is 4.79 Å². The van der Waals surface area contributed by atoms with Crippen molar-refractivity contribution in [2.75, 3.05) is 20.8 Å². The minimum absolute atomic E-state index is 0.0242. The third kappa shape index (κ3) is 5.53. The van der Waals surface area contributed by atoms with Gasteiger partial charge in [-0.3, -0.25) is 4.79 Å². The minimum Gasteiger partial charge on any atom is -0.493 e. The summed E-state index contributed by atoms with van der Waals surface area (Å²) in [6.07, 6.45) is 1.61. The number of ketones is 1. The Balaban J connectivity index is 1.46. The number of carbonyl (C=O) groups excluding carboxylic acids is 2. The van der Waals surface area contributed by atoms with E-state index in [0.29, 0.717) is 41.9 Å². The smallest absolute Gasteiger partial charge is 0.336 e. The fraction of sp³-hybridized carbons (Fsp3) is 0.294. The zero-order valence-corrected chi connectivity index (χ0v) is 23.5. The fourth-order valence-electron chi connectivity index (χ4n) is 5.82. The van der Waals surface area contributed by atoms with Gasteiger partial charge in [0.05, 0.1) is 26.4 Å². The van der Waals surface area contributed by atoms with Crippen molar-refractivity contribution in [1.29, 1.82) is 0 Å². The lowest BCUT2D eigenvalue weighted by Crippen LogP contribution is -2.36. The van der Waals surface area contributed by atoms with E-state index in [1.165, 1.54) is 0 Å². The zero-order valence-electron chi connectivity index (χ0n) is 23.5. The average molecular weight is 538 g/mol. The van der Waals surface area contributed by atoms with Gasteiger partial charge in [-0.05, 0) is 55.0 Å². The van der Waals surface area contributed by atoms with Crippen molar-refractivity contribution in [2.45, 2.75) is 44.9 Å². The predicted molar refractivity (Wildman–Crippen MR) is 154 cm³/mol. The van der Waals surface area contributed by atoms with Crippen molar-refractivity contribution < 1.29 is 23.8 Å². The molecule has 0 aromatic heterocycles. The molecule has 0 amide bonds. The van der Waals surface area contributed by atoms with E-state index in [1.54, 1.807) is 14.2 Å². The SMILES string of the molecule is COc1ccc([C@@H]2CC(=O)C3=C(C2)NC(C)=C(C(=O)OCCc2ccccc2)[C@H]3c2cccc(C)c2)cc1OC. The van der Waals surface area contributed by atoms with E-state index >= 15 is 0 Å². The molecule has 1 aliphatic heterocycles. The fourth-order valence-corrected chi connectivity index (χ4v) is 5.82. The third-order valence-corrected chi connectivity index (χ3v) is 7.77. The molecule has 3 aromatic rings. The zero-order chi connectivity index (χ0) is 28.2. The van der Waals surface area contributed by atoms with E-state index in [-0.39, 0.29) is 18.3 Å². The summed E-state index contributed by atoms with van der Waals surface area (Å²) in [5.41, 5.74) is 6.83. The van der Waals surface area contributed by atoms with Gasteiger partial charge in [0.1, 0.15) is 0 Å². The van der Waals surface area contributed by atoms with Gasteiger partial charge in [0, 0.05) is 35.7 Å². The highest BCUT2D eigenvalue weighted by molar-refractivity contribution is 6.04. The molecule has 0 unspecified atom stereocenters. The molecule has 1 N–H and O–H groups in total. The highest BCUT2D eigenvalue weighted by atomic mass is 16.5. The maximum Gasteiger partial charge on any atom is 0.336 e. The van der Waals surface area contributed by atoms with Crippen LogP contribution in [0.4, 0.5) is 0 Å². The van der Waals surface area contributed by atoms with Gasteiger partial charge < -0.3 is 19.5 Å². The summed E-state index contributed by atoms with van der Waals surface area (Å²) >= 11 is 0. The van der Waals surface area contributed by atoms with E-state index in [4.69, 9.17) is 14.2 Å². The summed E-state index contributed by atoms with van der Waals surface area (Å²) < 4.78 is 16.7. The summed E-state index contributed by atoms with van der Waals surface area (Å²) in [5, 5.41) is 3.43. The maximum absolute atomic E-state index is 13.9. The number of aryl methyl sites for hydroxylation is 1. The lowest BCUT2D eigenvalue weighted by atomic mass is 9.71. The van der Waals surface area contributed by atoms with Crippen molar-refractivity contribution in [3.8, 4) is 11.5 Å². The molecule has 6 nitrogen and oxygen atoms in total. The monoisotopic (exact) mass is 537 g/mol. The number of hydrogen-bond donors (Lipinski definition) is 1. The van der Waals surface area contributed by atoms with E-state index in [9.17, 15) is 9.59 Å². The lowest BCUT2D eigenvalue weighted by molar-refractivity contribution is -0.139. The Morgan fingerprint density at radius 3 is 2.38 bits per heavy atom. The summed E-state index contributed by atoms with van der Waals surface area (Å²) in [6.45, 7) is 4.18. The number of allylic oxidation sites excluding steroid dienone is 3. The van der Waals surface area contributed by atoms with Crippen LogP contribution >= 0.6 is 0 Å². The number of carbonyl (C=O) groups is 2. The van der Waals surface area contributed by atoms with Gasteiger partial charge in [-0.2, -0.15) is 0 Å². The molecule has 0 spiro atoms. The van der Waals surface area contributed by atoms with Crippen LogP contribution in [0.5, 0.6) is 11.5 Å². The Kier molecular flexibility index (Phi) is 8.06. The molecule has 206 valence electrons. The van der Waals surface area contributed by atoms with Gasteiger partial charge in [0.15, 0.2) is 17.3 Å². The van der Waals surface area contributed by atoms with Crippen LogP contribution in [0.1, 0.15) is 53.9 Å². The molecule has 0 radical (unpaired) electrons.